The zero-order chi connectivity index (χ0) is 16.2. The zero-order valence-corrected chi connectivity index (χ0v) is 12.5. The highest BCUT2D eigenvalue weighted by molar-refractivity contribution is 9.10. The van der Waals surface area contributed by atoms with Crippen molar-refractivity contribution in [1.29, 1.82) is 0 Å². The number of aliphatic carboxylic acids is 1. The summed E-state index contributed by atoms with van der Waals surface area (Å²) in [7, 11) is 1.39. The Morgan fingerprint density at radius 3 is 2.48 bits per heavy atom. The van der Waals surface area contributed by atoms with Crippen molar-refractivity contribution in [3.8, 4) is 0 Å². The lowest BCUT2D eigenvalue weighted by molar-refractivity contribution is -0.138. The highest BCUT2D eigenvalue weighted by Gasteiger charge is 2.30. The number of benzene rings is 1. The average molecular weight is 369 g/mol. The van der Waals surface area contributed by atoms with Gasteiger partial charge < -0.3 is 15.3 Å². The molecule has 0 saturated carbocycles. The average Bonchev–Trinajstić information content (AvgIpc) is 2.36. The lowest BCUT2D eigenvalue weighted by Crippen LogP contribution is -2.33. The predicted molar refractivity (Wildman–Crippen MR) is 73.0 cm³/mol. The number of hydrogen-bond acceptors (Lipinski definition) is 2. The number of carboxylic acid groups (broad SMARTS) is 1. The fourth-order valence-corrected chi connectivity index (χ4v) is 1.85. The number of nitrogens with one attached hydrogen (secondary N) is 1. The summed E-state index contributed by atoms with van der Waals surface area (Å²) in [6, 6.07) is 2.21. The van der Waals surface area contributed by atoms with Crippen LogP contribution in [0.15, 0.2) is 22.7 Å². The van der Waals surface area contributed by atoms with Gasteiger partial charge in [-0.2, -0.15) is 13.2 Å². The first-order valence-electron chi connectivity index (χ1n) is 5.72. The third-order valence-corrected chi connectivity index (χ3v) is 3.20. The molecule has 0 aliphatic rings. The van der Waals surface area contributed by atoms with Crippen molar-refractivity contribution < 1.29 is 27.9 Å². The zero-order valence-electron chi connectivity index (χ0n) is 10.9. The van der Waals surface area contributed by atoms with Crippen LogP contribution >= 0.6 is 15.9 Å². The minimum atomic E-state index is -4.47. The number of carbonyl (C=O) groups excluding carboxylic acids is 1. The van der Waals surface area contributed by atoms with E-state index in [1.165, 1.54) is 7.05 Å². The molecule has 0 aliphatic heterocycles. The highest BCUT2D eigenvalue weighted by atomic mass is 79.9. The topological polar surface area (TPSA) is 69.6 Å². The Hall–Kier alpha value is -1.77. The molecule has 0 unspecified atom stereocenters. The second-order valence-electron chi connectivity index (χ2n) is 4.19. The summed E-state index contributed by atoms with van der Waals surface area (Å²) in [5, 5.41) is 10.9. The predicted octanol–water partition coefficient (Wildman–Crippen LogP) is 3.41. The molecule has 1 rings (SSSR count). The normalized spacial score (nSPS) is 11.1. The van der Waals surface area contributed by atoms with Crippen LogP contribution < -0.4 is 5.32 Å². The number of rotatable bonds is 4. The molecule has 21 heavy (non-hydrogen) atoms. The quantitative estimate of drug-likeness (QED) is 0.855. The third-order valence-electron chi connectivity index (χ3n) is 2.55. The van der Waals surface area contributed by atoms with Crippen molar-refractivity contribution in [2.75, 3.05) is 18.9 Å². The van der Waals surface area contributed by atoms with Gasteiger partial charge >= 0.3 is 18.2 Å². The number of urea groups is 1. The van der Waals surface area contributed by atoms with E-state index >= 15 is 0 Å². The van der Waals surface area contributed by atoms with Gasteiger partial charge in [0, 0.05) is 18.1 Å². The van der Waals surface area contributed by atoms with Crippen molar-refractivity contribution in [1.82, 2.24) is 4.90 Å². The Kier molecular flexibility index (Phi) is 5.59. The number of amides is 2. The molecule has 116 valence electrons. The molecule has 0 spiro atoms. The van der Waals surface area contributed by atoms with Crippen molar-refractivity contribution >= 4 is 33.6 Å². The number of carbonyl (C=O) groups is 2. The van der Waals surface area contributed by atoms with Crippen molar-refractivity contribution in [2.24, 2.45) is 0 Å². The second-order valence-corrected chi connectivity index (χ2v) is 5.04. The number of alkyl halides is 3. The fourth-order valence-electron chi connectivity index (χ4n) is 1.37. The van der Waals surface area contributed by atoms with Crippen LogP contribution in [-0.4, -0.2) is 35.6 Å². The van der Waals surface area contributed by atoms with E-state index < -0.39 is 23.7 Å². The Morgan fingerprint density at radius 2 is 2.00 bits per heavy atom. The van der Waals surface area contributed by atoms with E-state index in [1.54, 1.807) is 0 Å². The molecule has 0 radical (unpaired) electrons. The lowest BCUT2D eigenvalue weighted by atomic mass is 10.2. The highest BCUT2D eigenvalue weighted by Crippen LogP contribution is 2.33. The van der Waals surface area contributed by atoms with Gasteiger partial charge in [-0.3, -0.25) is 4.79 Å². The monoisotopic (exact) mass is 368 g/mol. The number of halogens is 4. The van der Waals surface area contributed by atoms with Gasteiger partial charge in [-0.15, -0.1) is 0 Å². The van der Waals surface area contributed by atoms with Gasteiger partial charge in [0.05, 0.1) is 17.7 Å². The van der Waals surface area contributed by atoms with Gasteiger partial charge in [-0.05, 0) is 34.1 Å². The summed E-state index contributed by atoms with van der Waals surface area (Å²) in [4.78, 5) is 23.3. The molecular formula is C12H12BrF3N2O3. The van der Waals surface area contributed by atoms with Gasteiger partial charge in [-0.25, -0.2) is 4.79 Å². The molecule has 1 aromatic rings. The fraction of sp³-hybridized carbons (Fsp3) is 0.333. The number of anilines is 1. The molecule has 0 bridgehead atoms. The van der Waals surface area contributed by atoms with Gasteiger partial charge in [0.15, 0.2) is 0 Å². The van der Waals surface area contributed by atoms with Crippen LogP contribution in [0.3, 0.4) is 0 Å². The summed E-state index contributed by atoms with van der Waals surface area (Å²) in [5.74, 6) is -1.05. The summed E-state index contributed by atoms with van der Waals surface area (Å²) in [6.45, 7) is -0.0145. The Balaban J connectivity index is 2.75. The minimum absolute atomic E-state index is 0.0145. The summed E-state index contributed by atoms with van der Waals surface area (Å²) in [5.41, 5.74) is -0.679. The van der Waals surface area contributed by atoms with E-state index in [4.69, 9.17) is 5.11 Å². The molecule has 1 aromatic carbocycles. The molecule has 0 atom stereocenters. The molecule has 9 heteroatoms. The summed E-state index contributed by atoms with van der Waals surface area (Å²) >= 11 is 2.95. The first kappa shape index (κ1) is 17.3. The van der Waals surface area contributed by atoms with Gasteiger partial charge in [0.25, 0.3) is 0 Å². The molecule has 0 heterocycles. The molecule has 2 N–H and O–H groups in total. The van der Waals surface area contributed by atoms with E-state index in [2.05, 4.69) is 21.2 Å². The van der Waals surface area contributed by atoms with E-state index in [-0.39, 0.29) is 23.1 Å². The van der Waals surface area contributed by atoms with Crippen LogP contribution in [0, 0.1) is 0 Å². The molecule has 0 fully saturated rings. The first-order chi connectivity index (χ1) is 9.61. The van der Waals surface area contributed by atoms with Crippen LogP contribution in [-0.2, 0) is 11.0 Å². The molecule has 0 aliphatic carbocycles. The number of hydrogen-bond donors (Lipinski definition) is 2. The smallest absolute Gasteiger partial charge is 0.416 e. The van der Waals surface area contributed by atoms with Crippen molar-refractivity contribution in [3.63, 3.8) is 0 Å². The van der Waals surface area contributed by atoms with Crippen LogP contribution in [0.25, 0.3) is 0 Å². The lowest BCUT2D eigenvalue weighted by Gasteiger charge is -2.18. The van der Waals surface area contributed by atoms with E-state index in [9.17, 15) is 22.8 Å². The van der Waals surface area contributed by atoms with Crippen molar-refractivity contribution in [2.45, 2.75) is 12.6 Å². The molecular weight excluding hydrogens is 357 g/mol. The SMILES string of the molecule is CN(CCC(=O)O)C(=O)Nc1ccc(C(F)(F)F)cc1Br. The van der Waals surface area contributed by atoms with Crippen LogP contribution in [0.2, 0.25) is 0 Å². The second kappa shape index (κ2) is 6.79. The summed E-state index contributed by atoms with van der Waals surface area (Å²) in [6.07, 6.45) is -4.69. The largest absolute Gasteiger partial charge is 0.481 e. The summed E-state index contributed by atoms with van der Waals surface area (Å²) < 4.78 is 37.6. The van der Waals surface area contributed by atoms with Crippen LogP contribution in [0.5, 0.6) is 0 Å². The maximum absolute atomic E-state index is 12.5. The van der Waals surface area contributed by atoms with Crippen molar-refractivity contribution in [3.05, 3.63) is 28.2 Å². The van der Waals surface area contributed by atoms with E-state index in [0.29, 0.717) is 0 Å². The number of carboxylic acids is 1. The maximum atomic E-state index is 12.5. The van der Waals surface area contributed by atoms with Crippen LogP contribution in [0.1, 0.15) is 12.0 Å². The molecule has 0 aromatic heterocycles. The Bertz CT molecular complexity index is 549. The Morgan fingerprint density at radius 1 is 1.38 bits per heavy atom. The third kappa shape index (κ3) is 5.25. The van der Waals surface area contributed by atoms with E-state index in [0.717, 1.165) is 23.1 Å². The van der Waals surface area contributed by atoms with Gasteiger partial charge in [0.1, 0.15) is 0 Å². The van der Waals surface area contributed by atoms with E-state index in [1.807, 2.05) is 0 Å². The first-order valence-corrected chi connectivity index (χ1v) is 6.51. The van der Waals surface area contributed by atoms with Crippen LogP contribution in [0.4, 0.5) is 23.7 Å². The van der Waals surface area contributed by atoms with Gasteiger partial charge in [0.2, 0.25) is 0 Å². The van der Waals surface area contributed by atoms with Gasteiger partial charge in [-0.1, -0.05) is 0 Å². The minimum Gasteiger partial charge on any atom is -0.481 e. The molecule has 0 saturated heterocycles. The standard InChI is InChI=1S/C12H12BrF3N2O3/c1-18(5-4-10(19)20)11(21)17-9-3-2-7(6-8(9)13)12(14,15)16/h2-3,6H,4-5H2,1H3,(H,17,21)(H,19,20). The molecule has 5 nitrogen and oxygen atoms in total. The number of nitrogens with zero attached hydrogens (tertiary/aromatic N) is 1. The molecule has 2 amide bonds. The Labute approximate surface area is 126 Å². The maximum Gasteiger partial charge on any atom is 0.416 e.